The first-order valence-electron chi connectivity index (χ1n) is 17.5. The molecule has 56 heavy (non-hydrogen) atoms. The smallest absolute Gasteiger partial charge is 0.187 e. The third-order valence-electron chi connectivity index (χ3n) is 9.99. The molecule has 4 saturated heterocycles. The van der Waals surface area contributed by atoms with Crippen LogP contribution in [0.5, 0.6) is 0 Å². The van der Waals surface area contributed by atoms with E-state index in [2.05, 4.69) is 0 Å². The third-order valence-corrected chi connectivity index (χ3v) is 9.99. The maximum absolute atomic E-state index is 11.6. The van der Waals surface area contributed by atoms with Gasteiger partial charge in [0.05, 0.1) is 39.6 Å². The fraction of sp³-hybridized carbons (Fsp3) is 1.00. The molecule has 0 aliphatic carbocycles. The van der Waals surface area contributed by atoms with Gasteiger partial charge in [0.1, 0.15) is 122 Å². The summed E-state index contributed by atoms with van der Waals surface area (Å²) in [5, 5.41) is 185. The molecule has 330 valence electrons. The van der Waals surface area contributed by atoms with Crippen LogP contribution < -0.4 is 0 Å². The van der Waals surface area contributed by atoms with Gasteiger partial charge in [-0.3, -0.25) is 0 Å². The van der Waals surface area contributed by atoms with E-state index < -0.39 is 187 Å². The topological polar surface area (TPSA) is 438 Å². The zero-order chi connectivity index (χ0) is 41.8. The standard InChI is InChI=1S/C30H54O26/c31-1-7(37)13(38)14(39)8(2-32)49-27-22(47)19(44)24(11(5-35)52-27)54-30-23(48)26(56-29-21(46)18(43)16(41)10(4-34)51-29)25(12(6-36)53-30)55-28-20(45)17(42)15(40)9(3-33)50-28/h7-48H,1-6H2/t7-,8+,9-,10-,11-,12-,13+,14-,15+,16-,17+,18+,19-,20-,21-,22-,23-,24+,25+,26-,27+,28+,29+,30+/m1/s1. The Balaban J connectivity index is 1.60. The van der Waals surface area contributed by atoms with Crippen molar-refractivity contribution in [1.29, 1.82) is 0 Å². The second-order valence-corrected chi connectivity index (χ2v) is 13.7. The van der Waals surface area contributed by atoms with Gasteiger partial charge in [-0.2, -0.15) is 0 Å². The summed E-state index contributed by atoms with van der Waals surface area (Å²) < 4.78 is 44.5. The molecule has 0 unspecified atom stereocenters. The molecular weight excluding hydrogens is 776 g/mol. The van der Waals surface area contributed by atoms with E-state index in [1.54, 1.807) is 0 Å². The summed E-state index contributed by atoms with van der Waals surface area (Å²) in [4.78, 5) is 0. The Kier molecular flexibility index (Phi) is 17.8. The second kappa shape index (κ2) is 21.0. The summed E-state index contributed by atoms with van der Waals surface area (Å²) in [5.74, 6) is 0. The molecule has 4 heterocycles. The molecule has 0 radical (unpaired) electrons. The van der Waals surface area contributed by atoms with Crippen molar-refractivity contribution >= 4 is 0 Å². The molecule has 4 aliphatic rings. The minimum atomic E-state index is -2.22. The van der Waals surface area contributed by atoms with E-state index >= 15 is 0 Å². The van der Waals surface area contributed by atoms with Gasteiger partial charge in [-0.15, -0.1) is 0 Å². The van der Waals surface area contributed by atoms with Crippen LogP contribution in [-0.4, -0.2) is 279 Å². The molecule has 4 fully saturated rings. The van der Waals surface area contributed by atoms with Crippen LogP contribution in [0.4, 0.5) is 0 Å². The highest BCUT2D eigenvalue weighted by Crippen LogP contribution is 2.36. The predicted octanol–water partition coefficient (Wildman–Crippen LogP) is -12.3. The van der Waals surface area contributed by atoms with Crippen LogP contribution in [0.15, 0.2) is 0 Å². The van der Waals surface area contributed by atoms with Gasteiger partial charge in [-0.1, -0.05) is 0 Å². The Morgan fingerprint density at radius 2 is 0.768 bits per heavy atom. The average molecular weight is 831 g/mol. The average Bonchev–Trinajstić information content (AvgIpc) is 3.20. The molecular formula is C30H54O26. The van der Waals surface area contributed by atoms with Crippen molar-refractivity contribution in [1.82, 2.24) is 0 Å². The second-order valence-electron chi connectivity index (χ2n) is 13.7. The lowest BCUT2D eigenvalue weighted by Gasteiger charge is -2.50. The van der Waals surface area contributed by atoms with Crippen LogP contribution in [0, 0.1) is 0 Å². The maximum atomic E-state index is 11.6. The van der Waals surface area contributed by atoms with Crippen LogP contribution in [0.3, 0.4) is 0 Å². The van der Waals surface area contributed by atoms with Crippen molar-refractivity contribution in [2.75, 3.05) is 39.6 Å². The number of aliphatic hydroxyl groups excluding tert-OH is 18. The van der Waals surface area contributed by atoms with Gasteiger partial charge in [0, 0.05) is 0 Å². The lowest BCUT2D eigenvalue weighted by Crippen LogP contribution is -2.68. The molecule has 18 N–H and O–H groups in total. The molecule has 4 rings (SSSR count). The van der Waals surface area contributed by atoms with Crippen LogP contribution in [0.2, 0.25) is 0 Å². The molecule has 4 aliphatic heterocycles. The van der Waals surface area contributed by atoms with E-state index in [1.165, 1.54) is 0 Å². The van der Waals surface area contributed by atoms with Gasteiger partial charge >= 0.3 is 0 Å². The van der Waals surface area contributed by atoms with Gasteiger partial charge in [0.2, 0.25) is 0 Å². The van der Waals surface area contributed by atoms with E-state index in [4.69, 9.17) is 43.0 Å². The van der Waals surface area contributed by atoms with E-state index in [-0.39, 0.29) is 0 Å². The van der Waals surface area contributed by atoms with Crippen molar-refractivity contribution in [3.63, 3.8) is 0 Å². The highest BCUT2D eigenvalue weighted by atomic mass is 16.8. The predicted molar refractivity (Wildman–Crippen MR) is 169 cm³/mol. The van der Waals surface area contributed by atoms with Gasteiger partial charge in [0.25, 0.3) is 0 Å². The summed E-state index contributed by atoms with van der Waals surface area (Å²) in [6.45, 7) is -5.91. The van der Waals surface area contributed by atoms with E-state index in [0.717, 1.165) is 0 Å². The number of ether oxygens (including phenoxy) is 8. The lowest BCUT2D eigenvalue weighted by molar-refractivity contribution is -0.400. The summed E-state index contributed by atoms with van der Waals surface area (Å²) in [5.41, 5.74) is 0. The van der Waals surface area contributed by atoms with Gasteiger partial charge in [-0.25, -0.2) is 0 Å². The third kappa shape index (κ3) is 10.1. The molecule has 0 aromatic rings. The van der Waals surface area contributed by atoms with Gasteiger partial charge in [0.15, 0.2) is 25.2 Å². The molecule has 0 amide bonds. The first-order chi connectivity index (χ1) is 26.5. The molecule has 0 bridgehead atoms. The van der Waals surface area contributed by atoms with E-state index in [1.807, 2.05) is 0 Å². The van der Waals surface area contributed by atoms with Crippen molar-refractivity contribution < 1.29 is 130 Å². The quantitative estimate of drug-likeness (QED) is 0.0647. The molecule has 0 aromatic carbocycles. The van der Waals surface area contributed by atoms with Crippen molar-refractivity contribution in [3.8, 4) is 0 Å². The van der Waals surface area contributed by atoms with Gasteiger partial charge < -0.3 is 130 Å². The Morgan fingerprint density at radius 1 is 0.375 bits per heavy atom. The normalized spacial score (nSPS) is 47.2. The summed E-state index contributed by atoms with van der Waals surface area (Å²) >= 11 is 0. The Morgan fingerprint density at radius 3 is 1.23 bits per heavy atom. The van der Waals surface area contributed by atoms with Crippen LogP contribution in [-0.2, 0) is 37.9 Å². The SMILES string of the molecule is OC[C@@H](O)[C@H](O)[C@H](O)[C@H](CO)O[C@H]1O[C@H](CO)[C@H](O[C@@H]2O[C@H](CO)[C@H](O[C@@H]3O[C@H](CO)[C@H](O)[C@H](O)[C@H]3O)[C@H](O[C@@H]3O[C@H](CO)[C@@H](O)[C@H](O)[C@H]3O)[C@H]2O)[C@H](O)[C@H]1O. The number of hydrogen-bond donors (Lipinski definition) is 18. The minimum absolute atomic E-state index is 0.885. The zero-order valence-corrected chi connectivity index (χ0v) is 29.4. The largest absolute Gasteiger partial charge is 0.394 e. The van der Waals surface area contributed by atoms with Crippen LogP contribution in [0.25, 0.3) is 0 Å². The Labute approximate surface area is 317 Å². The molecule has 24 atom stereocenters. The van der Waals surface area contributed by atoms with Crippen molar-refractivity contribution in [2.24, 2.45) is 0 Å². The highest BCUT2D eigenvalue weighted by Gasteiger charge is 2.56. The molecule has 0 saturated carbocycles. The Hall–Kier alpha value is -1.04. The highest BCUT2D eigenvalue weighted by molar-refractivity contribution is 4.99. The lowest BCUT2D eigenvalue weighted by atomic mass is 9.95. The monoisotopic (exact) mass is 830 g/mol. The number of hydrogen-bond acceptors (Lipinski definition) is 26. The van der Waals surface area contributed by atoms with Crippen molar-refractivity contribution in [2.45, 2.75) is 147 Å². The number of aliphatic hydroxyl groups is 18. The van der Waals surface area contributed by atoms with E-state index in [0.29, 0.717) is 0 Å². The molecule has 26 nitrogen and oxygen atoms in total. The minimum Gasteiger partial charge on any atom is -0.394 e. The fourth-order valence-electron chi connectivity index (χ4n) is 6.59. The summed E-state index contributed by atoms with van der Waals surface area (Å²) in [6, 6.07) is 0. The zero-order valence-electron chi connectivity index (χ0n) is 29.4. The van der Waals surface area contributed by atoms with E-state index in [9.17, 15) is 86.8 Å². The fourth-order valence-corrected chi connectivity index (χ4v) is 6.59. The molecule has 0 aromatic heterocycles. The van der Waals surface area contributed by atoms with Crippen molar-refractivity contribution in [3.05, 3.63) is 0 Å². The van der Waals surface area contributed by atoms with Crippen LogP contribution in [0.1, 0.15) is 0 Å². The molecule has 26 heteroatoms. The number of rotatable bonds is 17. The molecule has 0 spiro atoms. The Bertz CT molecular complexity index is 1160. The summed E-state index contributed by atoms with van der Waals surface area (Å²) in [7, 11) is 0. The first-order valence-corrected chi connectivity index (χ1v) is 17.5. The summed E-state index contributed by atoms with van der Waals surface area (Å²) in [6.07, 6.45) is -46.3. The van der Waals surface area contributed by atoms with Gasteiger partial charge in [-0.05, 0) is 0 Å². The van der Waals surface area contributed by atoms with Crippen LogP contribution >= 0.6 is 0 Å². The first kappa shape index (κ1) is 47.6. The maximum Gasteiger partial charge on any atom is 0.187 e.